The predicted molar refractivity (Wildman–Crippen MR) is 80.2 cm³/mol. The molecule has 114 valence electrons. The molecule has 1 aliphatic heterocycles. The third-order valence-corrected chi connectivity index (χ3v) is 6.12. The molecule has 0 saturated carbocycles. The molecule has 7 heteroatoms. The van der Waals surface area contributed by atoms with E-state index in [9.17, 15) is 8.42 Å². The third-order valence-electron chi connectivity index (χ3n) is 3.17. The Bertz CT molecular complexity index is 575. The zero-order valence-corrected chi connectivity index (χ0v) is 14.0. The Balaban J connectivity index is 2.39. The second kappa shape index (κ2) is 5.06. The summed E-state index contributed by atoms with van der Waals surface area (Å²) >= 11 is 1.38. The van der Waals surface area contributed by atoms with Crippen LogP contribution in [0.1, 0.15) is 32.6 Å². The fourth-order valence-corrected chi connectivity index (χ4v) is 5.78. The van der Waals surface area contributed by atoms with Gasteiger partial charge in [0.1, 0.15) is 0 Å². The van der Waals surface area contributed by atoms with Gasteiger partial charge in [0.2, 0.25) is 10.0 Å². The molecule has 0 unspecified atom stereocenters. The van der Waals surface area contributed by atoms with E-state index >= 15 is 0 Å². The van der Waals surface area contributed by atoms with Crippen LogP contribution in [0.15, 0.2) is 16.3 Å². The molecule has 2 N–H and O–H groups in total. The minimum absolute atomic E-state index is 0.239. The van der Waals surface area contributed by atoms with E-state index in [0.717, 1.165) is 0 Å². The van der Waals surface area contributed by atoms with E-state index in [1.807, 2.05) is 27.7 Å². The Morgan fingerprint density at radius 2 is 1.85 bits per heavy atom. The zero-order chi connectivity index (χ0) is 15.2. The van der Waals surface area contributed by atoms with Crippen molar-refractivity contribution < 1.29 is 13.2 Å². The minimum atomic E-state index is -3.52. The van der Waals surface area contributed by atoms with Gasteiger partial charge in [-0.1, -0.05) is 0 Å². The first-order valence-corrected chi connectivity index (χ1v) is 8.86. The van der Waals surface area contributed by atoms with Crippen molar-refractivity contribution in [2.75, 3.05) is 13.1 Å². The maximum atomic E-state index is 12.8. The summed E-state index contributed by atoms with van der Waals surface area (Å²) < 4.78 is 33.1. The molecule has 2 heterocycles. The van der Waals surface area contributed by atoms with Crippen LogP contribution in [0.2, 0.25) is 0 Å². The molecular formula is C13H22N2O3S2. The molecule has 1 fully saturated rings. The molecule has 20 heavy (non-hydrogen) atoms. The van der Waals surface area contributed by atoms with Crippen LogP contribution in [0.5, 0.6) is 0 Å². The first-order chi connectivity index (χ1) is 9.07. The molecule has 0 amide bonds. The van der Waals surface area contributed by atoms with Crippen LogP contribution in [0.3, 0.4) is 0 Å². The van der Waals surface area contributed by atoms with E-state index in [0.29, 0.717) is 22.9 Å². The third kappa shape index (κ3) is 3.07. The molecular weight excluding hydrogens is 296 g/mol. The van der Waals surface area contributed by atoms with Gasteiger partial charge in [0.15, 0.2) is 0 Å². The van der Waals surface area contributed by atoms with Gasteiger partial charge in [0.25, 0.3) is 0 Å². The number of morpholine rings is 1. The molecule has 0 spiro atoms. The summed E-state index contributed by atoms with van der Waals surface area (Å²) in [7, 11) is -3.52. The van der Waals surface area contributed by atoms with Gasteiger partial charge in [-0.3, -0.25) is 0 Å². The van der Waals surface area contributed by atoms with Crippen LogP contribution < -0.4 is 5.73 Å². The van der Waals surface area contributed by atoms with Crippen molar-refractivity contribution in [2.24, 2.45) is 5.73 Å². The molecule has 5 nitrogen and oxygen atoms in total. The van der Waals surface area contributed by atoms with Gasteiger partial charge in [-0.2, -0.15) is 4.31 Å². The van der Waals surface area contributed by atoms with E-state index in [-0.39, 0.29) is 6.54 Å². The highest BCUT2D eigenvalue weighted by Gasteiger charge is 2.43. The van der Waals surface area contributed by atoms with Crippen LogP contribution in [-0.4, -0.2) is 37.0 Å². The standard InChI is InChI=1S/C13H22N2O3S2/c1-12(2)8-15(9-13(3,4)18-12)20(16,17)11-5-6-19-10(11)7-14/h5-6H,7-9,14H2,1-4H3. The van der Waals surface area contributed by atoms with Crippen LogP contribution in [0.25, 0.3) is 0 Å². The van der Waals surface area contributed by atoms with Crippen LogP contribution in [0, 0.1) is 0 Å². The van der Waals surface area contributed by atoms with Crippen LogP contribution in [0.4, 0.5) is 0 Å². The van der Waals surface area contributed by atoms with E-state index in [4.69, 9.17) is 10.5 Å². The largest absolute Gasteiger partial charge is 0.367 e. The van der Waals surface area contributed by atoms with Crippen molar-refractivity contribution in [3.63, 3.8) is 0 Å². The highest BCUT2D eigenvalue weighted by molar-refractivity contribution is 7.89. The molecule has 0 radical (unpaired) electrons. The summed E-state index contributed by atoms with van der Waals surface area (Å²) in [6, 6.07) is 1.64. The fourth-order valence-electron chi connectivity index (χ4n) is 2.73. The van der Waals surface area contributed by atoms with Gasteiger partial charge < -0.3 is 10.5 Å². The summed E-state index contributed by atoms with van der Waals surface area (Å²) in [5.74, 6) is 0. The van der Waals surface area contributed by atoms with Gasteiger partial charge in [0.05, 0.1) is 16.1 Å². The number of hydrogen-bond acceptors (Lipinski definition) is 5. The summed E-state index contributed by atoms with van der Waals surface area (Å²) in [5, 5.41) is 1.77. The molecule has 0 aliphatic carbocycles. The molecule has 0 atom stereocenters. The van der Waals surface area contributed by atoms with Gasteiger partial charge in [-0.25, -0.2) is 8.42 Å². The first kappa shape index (κ1) is 15.9. The SMILES string of the molecule is CC1(C)CN(S(=O)(=O)c2ccsc2CN)CC(C)(C)O1. The molecule has 1 saturated heterocycles. The Kier molecular flexibility index (Phi) is 4.03. The Morgan fingerprint density at radius 3 is 2.35 bits per heavy atom. The topological polar surface area (TPSA) is 72.6 Å². The lowest BCUT2D eigenvalue weighted by atomic mass is 10.0. The molecule has 0 aromatic carbocycles. The van der Waals surface area contributed by atoms with Crippen molar-refractivity contribution in [3.05, 3.63) is 16.3 Å². The van der Waals surface area contributed by atoms with Crippen LogP contribution >= 0.6 is 11.3 Å². The maximum absolute atomic E-state index is 12.8. The summed E-state index contributed by atoms with van der Waals surface area (Å²) in [6.07, 6.45) is 0. The number of hydrogen-bond donors (Lipinski definition) is 1. The molecule has 2 rings (SSSR count). The van der Waals surface area contributed by atoms with E-state index in [2.05, 4.69) is 0 Å². The lowest BCUT2D eigenvalue weighted by Gasteiger charge is -2.46. The predicted octanol–water partition coefficient (Wildman–Crippen LogP) is 1.78. The Hall–Kier alpha value is -0.470. The summed E-state index contributed by atoms with van der Waals surface area (Å²) in [4.78, 5) is 1.03. The second-order valence-electron chi connectivity index (χ2n) is 6.31. The second-order valence-corrected chi connectivity index (χ2v) is 9.21. The van der Waals surface area contributed by atoms with Gasteiger partial charge in [-0.05, 0) is 39.1 Å². The number of ether oxygens (including phenoxy) is 1. The lowest BCUT2D eigenvalue weighted by molar-refractivity contribution is -0.163. The number of sulfonamides is 1. The van der Waals surface area contributed by atoms with Gasteiger partial charge >= 0.3 is 0 Å². The number of nitrogens with two attached hydrogens (primary N) is 1. The van der Waals surface area contributed by atoms with Gasteiger partial charge in [0, 0.05) is 24.5 Å². The normalized spacial score (nSPS) is 22.9. The molecule has 1 aromatic heterocycles. The highest BCUT2D eigenvalue weighted by atomic mass is 32.2. The van der Waals surface area contributed by atoms with Crippen molar-refractivity contribution in [3.8, 4) is 0 Å². The summed E-state index contributed by atoms with van der Waals surface area (Å²) in [5.41, 5.74) is 4.62. The smallest absolute Gasteiger partial charge is 0.244 e. The maximum Gasteiger partial charge on any atom is 0.244 e. The van der Waals surface area contributed by atoms with Crippen molar-refractivity contribution in [1.82, 2.24) is 4.31 Å². The van der Waals surface area contributed by atoms with E-state index in [1.54, 1.807) is 11.4 Å². The average molecular weight is 318 g/mol. The Labute approximate surface area is 124 Å². The lowest BCUT2D eigenvalue weighted by Crippen LogP contribution is -2.58. The number of rotatable bonds is 3. The van der Waals surface area contributed by atoms with Gasteiger partial charge in [-0.15, -0.1) is 11.3 Å². The van der Waals surface area contributed by atoms with E-state index in [1.165, 1.54) is 15.6 Å². The highest BCUT2D eigenvalue weighted by Crippen LogP contribution is 2.33. The summed E-state index contributed by atoms with van der Waals surface area (Å²) in [6.45, 7) is 8.57. The Morgan fingerprint density at radius 1 is 1.30 bits per heavy atom. The molecule has 1 aliphatic rings. The monoisotopic (exact) mass is 318 g/mol. The van der Waals surface area contributed by atoms with Crippen molar-refractivity contribution in [2.45, 2.75) is 50.3 Å². The van der Waals surface area contributed by atoms with E-state index < -0.39 is 21.2 Å². The number of thiophene rings is 1. The average Bonchev–Trinajstić information content (AvgIpc) is 2.73. The quantitative estimate of drug-likeness (QED) is 0.922. The fraction of sp³-hybridized carbons (Fsp3) is 0.692. The molecule has 0 bridgehead atoms. The molecule has 1 aromatic rings. The zero-order valence-electron chi connectivity index (χ0n) is 12.3. The first-order valence-electron chi connectivity index (χ1n) is 6.54. The minimum Gasteiger partial charge on any atom is -0.367 e. The number of nitrogens with zero attached hydrogens (tertiary/aromatic N) is 1. The van der Waals surface area contributed by atoms with Crippen LogP contribution in [-0.2, 0) is 21.3 Å². The van der Waals surface area contributed by atoms with Crippen molar-refractivity contribution >= 4 is 21.4 Å². The van der Waals surface area contributed by atoms with Crippen molar-refractivity contribution in [1.29, 1.82) is 0 Å².